The van der Waals surface area contributed by atoms with E-state index in [1.165, 1.54) is 17.5 Å². The average molecular weight is 296 g/mol. The van der Waals surface area contributed by atoms with Gasteiger partial charge in [0.1, 0.15) is 4.90 Å². The number of pyridine rings is 1. The fraction of sp³-hybridized carbons (Fsp3) is 0.417. The van der Waals surface area contributed by atoms with E-state index in [0.717, 1.165) is 16.6 Å². The summed E-state index contributed by atoms with van der Waals surface area (Å²) in [6.45, 7) is 1.61. The largest absolute Gasteiger partial charge is 0.377 e. The highest BCUT2D eigenvalue weighted by atomic mass is 32.2. The third-order valence-electron chi connectivity index (χ3n) is 3.92. The van der Waals surface area contributed by atoms with Crippen molar-refractivity contribution in [2.45, 2.75) is 16.9 Å². The van der Waals surface area contributed by atoms with E-state index in [1.807, 2.05) is 11.4 Å². The Morgan fingerprint density at radius 3 is 2.89 bits per heavy atom. The maximum Gasteiger partial charge on any atom is 0.245 e. The number of fused-ring (bicyclic) bond motifs is 1. The first kappa shape index (κ1) is 11.8. The van der Waals surface area contributed by atoms with E-state index in [4.69, 9.17) is 4.74 Å². The molecule has 0 bridgehead atoms. The van der Waals surface area contributed by atoms with Gasteiger partial charge in [-0.3, -0.25) is 4.98 Å². The van der Waals surface area contributed by atoms with Crippen LogP contribution in [0.5, 0.6) is 0 Å². The molecule has 2 aliphatic rings. The van der Waals surface area contributed by atoms with Crippen LogP contribution in [0.4, 0.5) is 0 Å². The lowest BCUT2D eigenvalue weighted by molar-refractivity contribution is -0.156. The monoisotopic (exact) mass is 296 g/mol. The zero-order chi connectivity index (χ0) is 13.1. The minimum absolute atomic E-state index is 0.275. The number of sulfonamides is 1. The van der Waals surface area contributed by atoms with Crippen LogP contribution in [0.25, 0.3) is 10.2 Å². The Morgan fingerprint density at radius 1 is 1.42 bits per heavy atom. The second-order valence-electron chi connectivity index (χ2n) is 5.02. The van der Waals surface area contributed by atoms with Gasteiger partial charge in [-0.1, -0.05) is 0 Å². The van der Waals surface area contributed by atoms with Crippen LogP contribution in [0, 0.1) is 0 Å². The zero-order valence-electron chi connectivity index (χ0n) is 10.1. The molecule has 0 radical (unpaired) electrons. The van der Waals surface area contributed by atoms with Crippen molar-refractivity contribution < 1.29 is 13.2 Å². The van der Waals surface area contributed by atoms with E-state index >= 15 is 0 Å². The van der Waals surface area contributed by atoms with E-state index in [0.29, 0.717) is 19.8 Å². The van der Waals surface area contributed by atoms with Gasteiger partial charge in [0, 0.05) is 12.7 Å². The molecule has 0 N–H and O–H groups in total. The predicted molar refractivity (Wildman–Crippen MR) is 71.7 cm³/mol. The van der Waals surface area contributed by atoms with Gasteiger partial charge in [-0.2, -0.15) is 4.31 Å². The van der Waals surface area contributed by atoms with Gasteiger partial charge in [-0.25, -0.2) is 8.42 Å². The van der Waals surface area contributed by atoms with Gasteiger partial charge in [-0.15, -0.1) is 11.3 Å². The summed E-state index contributed by atoms with van der Waals surface area (Å²) < 4.78 is 32.9. The second kappa shape index (κ2) is 3.76. The van der Waals surface area contributed by atoms with Crippen molar-refractivity contribution in [1.82, 2.24) is 9.29 Å². The summed E-state index contributed by atoms with van der Waals surface area (Å²) in [7, 11) is -3.44. The van der Waals surface area contributed by atoms with E-state index in [-0.39, 0.29) is 10.4 Å². The molecule has 0 amide bonds. The molecule has 2 fully saturated rings. The molecule has 2 aromatic heterocycles. The Labute approximate surface area is 114 Å². The van der Waals surface area contributed by atoms with Crippen molar-refractivity contribution in [3.63, 3.8) is 0 Å². The van der Waals surface area contributed by atoms with Crippen molar-refractivity contribution in [2.24, 2.45) is 0 Å². The van der Waals surface area contributed by atoms with Crippen LogP contribution in [0.15, 0.2) is 28.6 Å². The van der Waals surface area contributed by atoms with Gasteiger partial charge in [0.2, 0.25) is 10.0 Å². The molecule has 2 saturated heterocycles. The van der Waals surface area contributed by atoms with Crippen molar-refractivity contribution in [3.8, 4) is 0 Å². The number of aromatic nitrogens is 1. The molecule has 7 heteroatoms. The molecule has 4 rings (SSSR count). The lowest BCUT2D eigenvalue weighted by Gasteiger charge is -2.56. The van der Waals surface area contributed by atoms with Crippen LogP contribution in [0.2, 0.25) is 0 Å². The first-order chi connectivity index (χ1) is 9.12. The number of nitrogens with zero attached hydrogens (tertiary/aromatic N) is 2. The Bertz CT molecular complexity index is 744. The van der Waals surface area contributed by atoms with Crippen molar-refractivity contribution in [2.75, 3.05) is 19.8 Å². The third kappa shape index (κ3) is 1.53. The van der Waals surface area contributed by atoms with Gasteiger partial charge in [0.05, 0.1) is 29.0 Å². The summed E-state index contributed by atoms with van der Waals surface area (Å²) in [4.78, 5) is 4.50. The molecule has 100 valence electrons. The Balaban J connectivity index is 1.77. The molecule has 0 aromatic carbocycles. The highest BCUT2D eigenvalue weighted by Crippen LogP contribution is 2.41. The number of ether oxygens (including phenoxy) is 1. The average Bonchev–Trinajstić information content (AvgIpc) is 2.71. The summed E-state index contributed by atoms with van der Waals surface area (Å²) >= 11 is 1.50. The lowest BCUT2D eigenvalue weighted by atomic mass is 9.86. The van der Waals surface area contributed by atoms with Crippen LogP contribution in [0.3, 0.4) is 0 Å². The van der Waals surface area contributed by atoms with E-state index in [9.17, 15) is 8.42 Å². The van der Waals surface area contributed by atoms with Gasteiger partial charge >= 0.3 is 0 Å². The SMILES string of the molecule is O=S(=O)(c1cnc2ccsc2c1)N1CCC12COC2. The normalized spacial score (nSPS) is 22.3. The lowest BCUT2D eigenvalue weighted by Crippen LogP contribution is -2.71. The minimum atomic E-state index is -3.44. The predicted octanol–water partition coefficient (Wildman–Crippen LogP) is 1.46. The molecule has 2 aromatic rings. The molecule has 5 nitrogen and oxygen atoms in total. The molecule has 2 aliphatic heterocycles. The zero-order valence-corrected chi connectivity index (χ0v) is 11.7. The third-order valence-corrected chi connectivity index (χ3v) is 6.74. The summed E-state index contributed by atoms with van der Waals surface area (Å²) in [5.74, 6) is 0. The topological polar surface area (TPSA) is 59.5 Å². The van der Waals surface area contributed by atoms with Gasteiger partial charge in [0.25, 0.3) is 0 Å². The highest BCUT2D eigenvalue weighted by molar-refractivity contribution is 7.89. The maximum absolute atomic E-state index is 12.6. The number of thiophene rings is 1. The molecule has 1 spiro atoms. The molecule has 19 heavy (non-hydrogen) atoms. The van der Waals surface area contributed by atoms with Gasteiger partial charge < -0.3 is 4.74 Å². The highest BCUT2D eigenvalue weighted by Gasteiger charge is 2.56. The Morgan fingerprint density at radius 2 is 2.26 bits per heavy atom. The summed E-state index contributed by atoms with van der Waals surface area (Å²) in [6, 6.07) is 3.61. The van der Waals surface area contributed by atoms with Crippen LogP contribution in [-0.2, 0) is 14.8 Å². The summed E-state index contributed by atoms with van der Waals surface area (Å²) in [5.41, 5.74) is 0.567. The van der Waals surface area contributed by atoms with Gasteiger partial charge in [-0.05, 0) is 23.9 Å². The van der Waals surface area contributed by atoms with Gasteiger partial charge in [0.15, 0.2) is 0 Å². The van der Waals surface area contributed by atoms with Crippen LogP contribution >= 0.6 is 11.3 Å². The van der Waals surface area contributed by atoms with Crippen LogP contribution in [0.1, 0.15) is 6.42 Å². The summed E-state index contributed by atoms with van der Waals surface area (Å²) in [6.07, 6.45) is 2.34. The molecular weight excluding hydrogens is 284 g/mol. The molecular formula is C12H12N2O3S2. The smallest absolute Gasteiger partial charge is 0.245 e. The Kier molecular flexibility index (Phi) is 2.33. The molecule has 0 unspecified atom stereocenters. The molecule has 0 saturated carbocycles. The fourth-order valence-corrected chi connectivity index (χ4v) is 5.22. The maximum atomic E-state index is 12.6. The Hall–Kier alpha value is -1.02. The fourth-order valence-electron chi connectivity index (χ4n) is 2.62. The van der Waals surface area contributed by atoms with Crippen LogP contribution < -0.4 is 0 Å². The number of rotatable bonds is 2. The van der Waals surface area contributed by atoms with E-state index in [2.05, 4.69) is 4.98 Å². The number of hydrogen-bond acceptors (Lipinski definition) is 5. The van der Waals surface area contributed by atoms with Crippen LogP contribution in [-0.4, -0.2) is 43.0 Å². The molecule has 0 aliphatic carbocycles. The first-order valence-corrected chi connectivity index (χ1v) is 8.38. The van der Waals surface area contributed by atoms with E-state index in [1.54, 1.807) is 10.4 Å². The van der Waals surface area contributed by atoms with Crippen molar-refractivity contribution in [1.29, 1.82) is 0 Å². The molecule has 4 heterocycles. The standard InChI is InChI=1S/C12H12N2O3S2/c15-19(16,14-3-2-12(14)7-17-8-12)9-5-11-10(13-6-9)1-4-18-11/h1,4-6H,2-3,7-8H2. The van der Waals surface area contributed by atoms with Crippen molar-refractivity contribution >= 4 is 31.6 Å². The number of hydrogen-bond donors (Lipinski definition) is 0. The quantitative estimate of drug-likeness (QED) is 0.842. The first-order valence-electron chi connectivity index (χ1n) is 6.06. The second-order valence-corrected chi connectivity index (χ2v) is 7.83. The minimum Gasteiger partial charge on any atom is -0.377 e. The van der Waals surface area contributed by atoms with E-state index < -0.39 is 10.0 Å². The van der Waals surface area contributed by atoms with Crippen molar-refractivity contribution in [3.05, 3.63) is 23.7 Å². The molecule has 0 atom stereocenters. The summed E-state index contributed by atoms with van der Waals surface area (Å²) in [5, 5.41) is 1.92.